The highest BCUT2D eigenvalue weighted by atomic mass is 35.5. The highest BCUT2D eigenvalue weighted by Crippen LogP contribution is 2.27. The van der Waals surface area contributed by atoms with Gasteiger partial charge in [0.2, 0.25) is 0 Å². The lowest BCUT2D eigenvalue weighted by molar-refractivity contribution is -0.129. The summed E-state index contributed by atoms with van der Waals surface area (Å²) in [6.07, 6.45) is 0.0284. The molecule has 0 aliphatic heterocycles. The van der Waals surface area contributed by atoms with Gasteiger partial charge < -0.3 is 9.84 Å². The van der Waals surface area contributed by atoms with Crippen LogP contribution in [-0.4, -0.2) is 23.2 Å². The van der Waals surface area contributed by atoms with Gasteiger partial charge in [-0.2, -0.15) is 5.10 Å². The number of carbonyl (C=O) groups excluding carboxylic acids is 2. The molecule has 4 aromatic carbocycles. The highest BCUT2D eigenvalue weighted by Gasteiger charge is 2.17. The van der Waals surface area contributed by atoms with Crippen molar-refractivity contribution in [1.82, 2.24) is 5.43 Å². The Morgan fingerprint density at radius 1 is 0.909 bits per heavy atom. The van der Waals surface area contributed by atoms with E-state index in [9.17, 15) is 14.7 Å². The first-order valence-electron chi connectivity index (χ1n) is 10.1. The van der Waals surface area contributed by atoms with E-state index in [4.69, 9.17) is 16.3 Å². The van der Waals surface area contributed by atoms with Gasteiger partial charge in [-0.05, 0) is 46.7 Å². The molecule has 4 rings (SSSR count). The number of hydrogen-bond acceptors (Lipinski definition) is 5. The van der Waals surface area contributed by atoms with Gasteiger partial charge in [-0.3, -0.25) is 4.79 Å². The lowest BCUT2D eigenvalue weighted by Crippen LogP contribution is -2.25. The molecule has 1 unspecified atom stereocenters. The summed E-state index contributed by atoms with van der Waals surface area (Å²) in [7, 11) is 0. The van der Waals surface area contributed by atoms with Crippen molar-refractivity contribution in [3.63, 3.8) is 0 Å². The fraction of sp³-hybridized carbons (Fsp3) is 0.0385. The molecule has 0 bridgehead atoms. The molecule has 7 heteroatoms. The second kappa shape index (κ2) is 10.1. The zero-order chi connectivity index (χ0) is 23.2. The summed E-state index contributed by atoms with van der Waals surface area (Å²) in [5.74, 6) is -0.965. The molecular weight excluding hydrogens is 440 g/mol. The van der Waals surface area contributed by atoms with Gasteiger partial charge >= 0.3 is 5.97 Å². The predicted octanol–water partition coefficient (Wildman–Crippen LogP) is 4.90. The van der Waals surface area contributed by atoms with E-state index in [-0.39, 0.29) is 5.75 Å². The molecule has 4 aromatic rings. The minimum atomic E-state index is -1.36. The Balaban J connectivity index is 1.59. The Morgan fingerprint density at radius 2 is 1.61 bits per heavy atom. The molecule has 164 valence electrons. The van der Waals surface area contributed by atoms with E-state index in [1.54, 1.807) is 60.7 Å². The van der Waals surface area contributed by atoms with Crippen LogP contribution in [0, 0.1) is 0 Å². The summed E-state index contributed by atoms with van der Waals surface area (Å²) in [6.45, 7) is 0. The van der Waals surface area contributed by atoms with Crippen LogP contribution in [0.4, 0.5) is 0 Å². The molecule has 0 saturated carbocycles. The maximum atomic E-state index is 12.6. The first-order valence-corrected chi connectivity index (χ1v) is 10.5. The van der Waals surface area contributed by atoms with E-state index >= 15 is 0 Å². The SMILES string of the molecule is O=C(Oc1ccc2ccccc2c1/C=N/NC(=O)C(O)c1ccccc1)c1ccc(Cl)cc1. The van der Waals surface area contributed by atoms with Crippen LogP contribution in [-0.2, 0) is 4.79 Å². The number of rotatable bonds is 6. The van der Waals surface area contributed by atoms with Crippen molar-refractivity contribution in [2.75, 3.05) is 0 Å². The molecular formula is C26H19ClN2O4. The first kappa shape index (κ1) is 22.2. The molecule has 1 atom stereocenters. The van der Waals surface area contributed by atoms with E-state index in [0.717, 1.165) is 10.8 Å². The molecule has 0 aliphatic carbocycles. The number of benzene rings is 4. The van der Waals surface area contributed by atoms with E-state index in [1.165, 1.54) is 6.21 Å². The average Bonchev–Trinajstić information content (AvgIpc) is 2.85. The van der Waals surface area contributed by atoms with Crippen LogP contribution in [0.15, 0.2) is 96.1 Å². The van der Waals surface area contributed by atoms with Crippen LogP contribution in [0.5, 0.6) is 5.75 Å². The van der Waals surface area contributed by atoms with Crippen molar-refractivity contribution in [3.05, 3.63) is 113 Å². The topological polar surface area (TPSA) is 88.0 Å². The molecule has 1 amide bonds. The summed E-state index contributed by atoms with van der Waals surface area (Å²) in [5, 5.41) is 16.4. The van der Waals surface area contributed by atoms with Crippen LogP contribution < -0.4 is 10.2 Å². The number of ether oxygens (including phenoxy) is 1. The van der Waals surface area contributed by atoms with Crippen molar-refractivity contribution < 1.29 is 19.4 Å². The largest absolute Gasteiger partial charge is 0.422 e. The Labute approximate surface area is 195 Å². The number of amides is 1. The number of hydrazone groups is 1. The summed E-state index contributed by atoms with van der Waals surface area (Å²) >= 11 is 5.89. The number of aliphatic hydroxyl groups excluding tert-OH is 1. The van der Waals surface area contributed by atoms with Gasteiger partial charge in [0.1, 0.15) is 5.75 Å². The average molecular weight is 459 g/mol. The van der Waals surface area contributed by atoms with E-state index in [0.29, 0.717) is 21.7 Å². The molecule has 0 fully saturated rings. The van der Waals surface area contributed by atoms with Crippen LogP contribution in [0.2, 0.25) is 5.02 Å². The van der Waals surface area contributed by atoms with Crippen molar-refractivity contribution in [2.24, 2.45) is 5.10 Å². The number of carbonyl (C=O) groups is 2. The van der Waals surface area contributed by atoms with Gasteiger partial charge in [0, 0.05) is 10.6 Å². The summed E-state index contributed by atoms with van der Waals surface area (Å²) in [5.41, 5.74) is 3.64. The predicted molar refractivity (Wildman–Crippen MR) is 127 cm³/mol. The van der Waals surface area contributed by atoms with Crippen LogP contribution in [0.3, 0.4) is 0 Å². The molecule has 0 saturated heterocycles. The lowest BCUT2D eigenvalue weighted by atomic mass is 10.0. The fourth-order valence-electron chi connectivity index (χ4n) is 3.25. The molecule has 2 N–H and O–H groups in total. The number of nitrogens with zero attached hydrogens (tertiary/aromatic N) is 1. The first-order chi connectivity index (χ1) is 16.0. The third kappa shape index (κ3) is 5.26. The minimum absolute atomic E-state index is 0.273. The Morgan fingerprint density at radius 3 is 2.36 bits per heavy atom. The number of nitrogens with one attached hydrogen (secondary N) is 1. The molecule has 0 aromatic heterocycles. The standard InChI is InChI=1S/C26H19ClN2O4/c27-20-13-10-19(11-14-20)26(32)33-23-15-12-17-6-4-5-9-21(17)22(23)16-28-29-25(31)24(30)18-7-2-1-3-8-18/h1-16,24,30H,(H,29,31)/b28-16+. The Kier molecular flexibility index (Phi) is 6.78. The maximum Gasteiger partial charge on any atom is 0.343 e. The number of esters is 1. The maximum absolute atomic E-state index is 12.6. The van der Waals surface area contributed by atoms with E-state index < -0.39 is 18.0 Å². The molecule has 0 aliphatic rings. The van der Waals surface area contributed by atoms with Crippen molar-refractivity contribution >= 4 is 40.5 Å². The number of hydrogen-bond donors (Lipinski definition) is 2. The van der Waals surface area contributed by atoms with Crippen LogP contribution in [0.1, 0.15) is 27.6 Å². The second-order valence-corrected chi connectivity index (χ2v) is 7.58. The van der Waals surface area contributed by atoms with Crippen molar-refractivity contribution in [2.45, 2.75) is 6.10 Å². The zero-order valence-electron chi connectivity index (χ0n) is 17.3. The quantitative estimate of drug-likeness (QED) is 0.186. The second-order valence-electron chi connectivity index (χ2n) is 7.14. The summed E-state index contributed by atoms with van der Waals surface area (Å²) in [6, 6.07) is 25.9. The van der Waals surface area contributed by atoms with E-state index in [1.807, 2.05) is 30.3 Å². The third-order valence-corrected chi connectivity index (χ3v) is 5.20. The third-order valence-electron chi connectivity index (χ3n) is 4.95. The van der Waals surface area contributed by atoms with Crippen molar-refractivity contribution in [1.29, 1.82) is 0 Å². The lowest BCUT2D eigenvalue weighted by Gasteiger charge is -2.11. The van der Waals surface area contributed by atoms with Gasteiger partial charge in [-0.25, -0.2) is 10.2 Å². The summed E-state index contributed by atoms with van der Waals surface area (Å²) in [4.78, 5) is 24.9. The normalized spacial score (nSPS) is 11.9. The van der Waals surface area contributed by atoms with Crippen LogP contribution >= 0.6 is 11.6 Å². The Hall–Kier alpha value is -4.00. The zero-order valence-corrected chi connectivity index (χ0v) is 18.1. The van der Waals surface area contributed by atoms with Crippen molar-refractivity contribution in [3.8, 4) is 5.75 Å². The van der Waals surface area contributed by atoms with E-state index in [2.05, 4.69) is 10.5 Å². The smallest absolute Gasteiger partial charge is 0.343 e. The molecule has 33 heavy (non-hydrogen) atoms. The van der Waals surface area contributed by atoms with Gasteiger partial charge in [0.05, 0.1) is 11.8 Å². The molecule has 6 nitrogen and oxygen atoms in total. The molecule has 0 radical (unpaired) electrons. The van der Waals surface area contributed by atoms with Crippen LogP contribution in [0.25, 0.3) is 10.8 Å². The Bertz CT molecular complexity index is 1320. The fourth-order valence-corrected chi connectivity index (χ4v) is 3.38. The van der Waals surface area contributed by atoms with Gasteiger partial charge in [0.15, 0.2) is 6.10 Å². The number of halogens is 1. The molecule has 0 spiro atoms. The number of fused-ring (bicyclic) bond motifs is 1. The van der Waals surface area contributed by atoms with Gasteiger partial charge in [-0.1, -0.05) is 72.3 Å². The van der Waals surface area contributed by atoms with Gasteiger partial charge in [0.25, 0.3) is 5.91 Å². The monoisotopic (exact) mass is 458 g/mol. The highest BCUT2D eigenvalue weighted by molar-refractivity contribution is 6.30. The van der Waals surface area contributed by atoms with Gasteiger partial charge in [-0.15, -0.1) is 0 Å². The molecule has 0 heterocycles. The number of aliphatic hydroxyl groups is 1. The minimum Gasteiger partial charge on any atom is -0.422 e. The summed E-state index contributed by atoms with van der Waals surface area (Å²) < 4.78 is 5.62.